The van der Waals surface area contributed by atoms with E-state index < -0.39 is 6.04 Å². The zero-order valence-electron chi connectivity index (χ0n) is 21.4. The minimum atomic E-state index is -0.502. The van der Waals surface area contributed by atoms with Crippen LogP contribution in [0.3, 0.4) is 0 Å². The van der Waals surface area contributed by atoms with Gasteiger partial charge < -0.3 is 9.80 Å². The number of nitrogens with one attached hydrogen (secondary N) is 1. The van der Waals surface area contributed by atoms with Crippen molar-refractivity contribution in [1.29, 1.82) is 0 Å². The molecule has 1 unspecified atom stereocenters. The molecule has 36 heavy (non-hydrogen) atoms. The van der Waals surface area contributed by atoms with E-state index in [9.17, 15) is 9.59 Å². The van der Waals surface area contributed by atoms with E-state index >= 15 is 0 Å². The maximum atomic E-state index is 13.2. The molecule has 1 aromatic heterocycles. The fourth-order valence-corrected chi connectivity index (χ4v) is 5.25. The number of carbonyl (C=O) groups is 2. The summed E-state index contributed by atoms with van der Waals surface area (Å²) in [5.74, 6) is -0.303. The summed E-state index contributed by atoms with van der Waals surface area (Å²) in [5.41, 5.74) is 3.93. The van der Waals surface area contributed by atoms with Crippen LogP contribution in [0.4, 0.5) is 10.8 Å². The highest BCUT2D eigenvalue weighted by Gasteiger charge is 2.35. The molecule has 2 amide bonds. The molecule has 2 heterocycles. The quantitative estimate of drug-likeness (QED) is 0.361. The van der Waals surface area contributed by atoms with Crippen molar-refractivity contribution < 1.29 is 9.59 Å². The number of carbonyl (C=O) groups excluding carboxylic acids is 2. The molecule has 1 N–H and O–H groups in total. The molecule has 0 bridgehead atoms. The molecule has 2 aromatic carbocycles. The Hall–Kier alpha value is -3.26. The Bertz CT molecular complexity index is 1160. The summed E-state index contributed by atoms with van der Waals surface area (Å²) in [6, 6.07) is 15.4. The summed E-state index contributed by atoms with van der Waals surface area (Å²) in [7, 11) is 3.99. The number of anilines is 2. The van der Waals surface area contributed by atoms with Crippen molar-refractivity contribution in [3.63, 3.8) is 0 Å². The third kappa shape index (κ3) is 6.29. The average Bonchev–Trinajstić information content (AvgIpc) is 3.57. The minimum absolute atomic E-state index is 0.0934. The van der Waals surface area contributed by atoms with Crippen LogP contribution in [0.2, 0.25) is 0 Å². The van der Waals surface area contributed by atoms with E-state index in [0.717, 1.165) is 29.1 Å². The second-order valence-corrected chi connectivity index (χ2v) is 10.5. The molecule has 0 aliphatic carbocycles. The number of rotatable bonds is 10. The Labute approximate surface area is 217 Å². The summed E-state index contributed by atoms with van der Waals surface area (Å²) in [4.78, 5) is 30.0. The average molecular weight is 506 g/mol. The predicted octanol–water partition coefficient (Wildman–Crippen LogP) is 5.64. The van der Waals surface area contributed by atoms with Gasteiger partial charge in [0, 0.05) is 37.5 Å². The van der Waals surface area contributed by atoms with E-state index in [2.05, 4.69) is 22.4 Å². The molecular formula is C28H35N5O2S. The van der Waals surface area contributed by atoms with Crippen LogP contribution in [0.15, 0.2) is 48.5 Å². The third-order valence-electron chi connectivity index (χ3n) is 6.62. The summed E-state index contributed by atoms with van der Waals surface area (Å²) in [6.45, 7) is 2.79. The number of aryl methyl sites for hydroxylation is 1. The van der Waals surface area contributed by atoms with Crippen LogP contribution in [-0.2, 0) is 11.2 Å². The van der Waals surface area contributed by atoms with Crippen LogP contribution >= 0.6 is 11.3 Å². The van der Waals surface area contributed by atoms with Gasteiger partial charge in [0.2, 0.25) is 11.0 Å². The van der Waals surface area contributed by atoms with Gasteiger partial charge in [0.05, 0.1) is 0 Å². The number of hydrogen-bond acceptors (Lipinski definition) is 6. The summed E-state index contributed by atoms with van der Waals surface area (Å²) < 4.78 is 0. The number of unbranched alkanes of at least 4 members (excludes halogenated alkanes) is 3. The first-order valence-corrected chi connectivity index (χ1v) is 13.6. The second kappa shape index (κ2) is 12.1. The van der Waals surface area contributed by atoms with Crippen molar-refractivity contribution in [2.75, 3.05) is 30.9 Å². The van der Waals surface area contributed by atoms with E-state index in [1.54, 1.807) is 4.90 Å². The van der Waals surface area contributed by atoms with E-state index in [-0.39, 0.29) is 11.8 Å². The molecule has 190 valence electrons. The van der Waals surface area contributed by atoms with E-state index in [1.165, 1.54) is 42.6 Å². The number of amides is 2. The summed E-state index contributed by atoms with van der Waals surface area (Å²) in [6.07, 6.45) is 7.38. The van der Waals surface area contributed by atoms with E-state index in [4.69, 9.17) is 0 Å². The van der Waals surface area contributed by atoms with Gasteiger partial charge in [-0.15, -0.1) is 10.2 Å². The molecule has 0 radical (unpaired) electrons. The van der Waals surface area contributed by atoms with Gasteiger partial charge in [0.25, 0.3) is 5.91 Å². The Morgan fingerprint density at radius 2 is 1.78 bits per heavy atom. The van der Waals surface area contributed by atoms with Gasteiger partial charge in [-0.2, -0.15) is 0 Å². The summed E-state index contributed by atoms with van der Waals surface area (Å²) >= 11 is 1.33. The number of hydrogen-bond donors (Lipinski definition) is 1. The molecule has 1 fully saturated rings. The normalized spacial score (nSPS) is 15.2. The highest BCUT2D eigenvalue weighted by atomic mass is 32.1. The molecule has 1 aliphatic heterocycles. The van der Waals surface area contributed by atoms with Crippen molar-refractivity contribution in [2.45, 2.75) is 57.9 Å². The van der Waals surface area contributed by atoms with Crippen LogP contribution in [-0.4, -0.2) is 53.6 Å². The maximum Gasteiger partial charge on any atom is 0.254 e. The van der Waals surface area contributed by atoms with Crippen LogP contribution in [0.1, 0.15) is 61.4 Å². The maximum absolute atomic E-state index is 13.2. The van der Waals surface area contributed by atoms with Gasteiger partial charge in [-0.3, -0.25) is 14.9 Å². The highest BCUT2D eigenvalue weighted by Crippen LogP contribution is 2.29. The molecule has 7 nitrogen and oxygen atoms in total. The molecule has 0 spiro atoms. The SMILES string of the molecule is CCCCCCc1ccc(C(=O)N2CCCC2C(=O)Nc2nnc(-c3ccc(N(C)C)cc3)s2)cc1. The monoisotopic (exact) mass is 505 g/mol. The number of aromatic nitrogens is 2. The van der Waals surface area contributed by atoms with Gasteiger partial charge in [0.15, 0.2) is 0 Å². The Balaban J connectivity index is 1.36. The zero-order chi connectivity index (χ0) is 25.5. The lowest BCUT2D eigenvalue weighted by molar-refractivity contribution is -0.119. The molecule has 4 rings (SSSR count). The largest absolute Gasteiger partial charge is 0.378 e. The molecule has 3 aromatic rings. The third-order valence-corrected chi connectivity index (χ3v) is 7.51. The van der Waals surface area contributed by atoms with Crippen molar-refractivity contribution in [3.05, 3.63) is 59.7 Å². The van der Waals surface area contributed by atoms with Gasteiger partial charge in [-0.25, -0.2) is 0 Å². The Morgan fingerprint density at radius 1 is 1.03 bits per heavy atom. The lowest BCUT2D eigenvalue weighted by atomic mass is 10.0. The molecule has 1 atom stereocenters. The topological polar surface area (TPSA) is 78.4 Å². The highest BCUT2D eigenvalue weighted by molar-refractivity contribution is 7.18. The number of benzene rings is 2. The first-order valence-electron chi connectivity index (χ1n) is 12.8. The fraction of sp³-hybridized carbons (Fsp3) is 0.429. The standard InChI is InChI=1S/C28H35N5O2S/c1-4-5-6-7-9-20-11-13-22(14-12-20)27(35)33-19-8-10-24(33)25(34)29-28-31-30-26(36-28)21-15-17-23(18-16-21)32(2)3/h11-18,24H,4-10,19H2,1-3H3,(H,29,31,34). The first kappa shape index (κ1) is 25.8. The number of likely N-dealkylation sites (tertiary alicyclic amines) is 1. The molecule has 1 aliphatic rings. The minimum Gasteiger partial charge on any atom is -0.378 e. The van der Waals surface area contributed by atoms with Gasteiger partial charge in [-0.05, 0) is 67.6 Å². The molecule has 1 saturated heterocycles. The van der Waals surface area contributed by atoms with Crippen LogP contribution < -0.4 is 10.2 Å². The molecular weight excluding hydrogens is 470 g/mol. The number of nitrogens with zero attached hydrogens (tertiary/aromatic N) is 4. The first-order chi connectivity index (χ1) is 17.5. The Morgan fingerprint density at radius 3 is 2.47 bits per heavy atom. The van der Waals surface area contributed by atoms with E-state index in [0.29, 0.717) is 23.7 Å². The Kier molecular flexibility index (Phi) is 8.70. The van der Waals surface area contributed by atoms with Crippen molar-refractivity contribution >= 4 is 34.0 Å². The van der Waals surface area contributed by atoms with E-state index in [1.807, 2.05) is 67.5 Å². The van der Waals surface area contributed by atoms with Crippen molar-refractivity contribution in [1.82, 2.24) is 15.1 Å². The fourth-order valence-electron chi connectivity index (χ4n) is 4.50. The smallest absolute Gasteiger partial charge is 0.254 e. The van der Waals surface area contributed by atoms with Gasteiger partial charge in [-0.1, -0.05) is 49.7 Å². The van der Waals surface area contributed by atoms with Crippen LogP contribution in [0, 0.1) is 0 Å². The van der Waals surface area contributed by atoms with Crippen molar-refractivity contribution in [3.8, 4) is 10.6 Å². The lowest BCUT2D eigenvalue weighted by Gasteiger charge is -2.23. The molecule has 0 saturated carbocycles. The second-order valence-electron chi connectivity index (χ2n) is 9.51. The van der Waals surface area contributed by atoms with Crippen molar-refractivity contribution in [2.24, 2.45) is 0 Å². The molecule has 8 heteroatoms. The zero-order valence-corrected chi connectivity index (χ0v) is 22.2. The van der Waals surface area contributed by atoms with Crippen LogP contribution in [0.25, 0.3) is 10.6 Å². The van der Waals surface area contributed by atoms with Gasteiger partial charge in [0.1, 0.15) is 11.0 Å². The van der Waals surface area contributed by atoms with Gasteiger partial charge >= 0.3 is 0 Å². The predicted molar refractivity (Wildman–Crippen MR) is 147 cm³/mol. The summed E-state index contributed by atoms with van der Waals surface area (Å²) in [5, 5.41) is 12.5. The van der Waals surface area contributed by atoms with Crippen LogP contribution in [0.5, 0.6) is 0 Å². The lowest BCUT2D eigenvalue weighted by Crippen LogP contribution is -2.43.